The third kappa shape index (κ3) is 1.88. The molecule has 0 amide bonds. The summed E-state index contributed by atoms with van der Waals surface area (Å²) in [5.74, 6) is 2.20. The molecule has 0 saturated heterocycles. The van der Waals surface area contributed by atoms with Gasteiger partial charge in [-0.15, -0.1) is 0 Å². The van der Waals surface area contributed by atoms with Crippen LogP contribution in [0, 0.1) is 17.8 Å². The van der Waals surface area contributed by atoms with Crippen molar-refractivity contribution in [3.63, 3.8) is 0 Å². The van der Waals surface area contributed by atoms with Crippen molar-refractivity contribution in [2.24, 2.45) is 17.8 Å². The van der Waals surface area contributed by atoms with Gasteiger partial charge in [0.05, 0.1) is 5.60 Å². The van der Waals surface area contributed by atoms with Crippen LogP contribution in [0.25, 0.3) is 0 Å². The Hall–Kier alpha value is -1.02. The minimum atomic E-state index is -0.316. The SMILES string of the molecule is CCN(c1ccccc1)C1C2CC3CC1CC(O)(C3)C2. The van der Waals surface area contributed by atoms with E-state index in [4.69, 9.17) is 0 Å². The Kier molecular flexibility index (Phi) is 2.85. The summed E-state index contributed by atoms with van der Waals surface area (Å²) in [4.78, 5) is 2.61. The Morgan fingerprint density at radius 1 is 1.10 bits per heavy atom. The summed E-state index contributed by atoms with van der Waals surface area (Å²) in [5.41, 5.74) is 1.04. The highest BCUT2D eigenvalue weighted by atomic mass is 16.3. The predicted molar refractivity (Wildman–Crippen MR) is 81.8 cm³/mol. The molecule has 1 aromatic rings. The zero-order valence-electron chi connectivity index (χ0n) is 12.3. The lowest BCUT2D eigenvalue weighted by Gasteiger charge is -2.60. The van der Waals surface area contributed by atoms with Crippen molar-refractivity contribution in [1.29, 1.82) is 0 Å². The average molecular weight is 271 g/mol. The van der Waals surface area contributed by atoms with Crippen molar-refractivity contribution < 1.29 is 5.11 Å². The smallest absolute Gasteiger partial charge is 0.0657 e. The third-order valence-corrected chi connectivity index (χ3v) is 5.98. The molecule has 4 aliphatic rings. The van der Waals surface area contributed by atoms with Crippen molar-refractivity contribution in [3.8, 4) is 0 Å². The minimum absolute atomic E-state index is 0.316. The van der Waals surface area contributed by atoms with E-state index in [1.807, 2.05) is 0 Å². The number of rotatable bonds is 3. The number of nitrogens with zero attached hydrogens (tertiary/aromatic N) is 1. The third-order valence-electron chi connectivity index (χ3n) is 5.98. The lowest BCUT2D eigenvalue weighted by molar-refractivity contribution is -0.133. The van der Waals surface area contributed by atoms with Crippen LogP contribution in [0.15, 0.2) is 30.3 Å². The zero-order chi connectivity index (χ0) is 13.7. The second-order valence-electron chi connectivity index (χ2n) is 7.31. The highest BCUT2D eigenvalue weighted by molar-refractivity contribution is 5.48. The molecule has 0 radical (unpaired) electrons. The minimum Gasteiger partial charge on any atom is -0.390 e. The van der Waals surface area contributed by atoms with Gasteiger partial charge in [-0.3, -0.25) is 0 Å². The highest BCUT2D eigenvalue weighted by Crippen LogP contribution is 2.57. The molecule has 20 heavy (non-hydrogen) atoms. The van der Waals surface area contributed by atoms with Crippen LogP contribution in [-0.4, -0.2) is 23.3 Å². The summed E-state index contributed by atoms with van der Waals surface area (Å²) in [6, 6.07) is 11.5. The summed E-state index contributed by atoms with van der Waals surface area (Å²) in [5, 5.41) is 10.7. The quantitative estimate of drug-likeness (QED) is 0.910. The van der Waals surface area contributed by atoms with E-state index < -0.39 is 0 Å². The molecule has 1 aromatic carbocycles. The number of para-hydroxylation sites is 1. The van der Waals surface area contributed by atoms with Crippen LogP contribution in [0.2, 0.25) is 0 Å². The van der Waals surface area contributed by atoms with Gasteiger partial charge in [0, 0.05) is 18.3 Å². The fourth-order valence-corrected chi connectivity index (χ4v) is 5.65. The van der Waals surface area contributed by atoms with Gasteiger partial charge in [-0.05, 0) is 68.9 Å². The lowest BCUT2D eigenvalue weighted by Crippen LogP contribution is -2.61. The molecular formula is C18H25NO. The van der Waals surface area contributed by atoms with Crippen molar-refractivity contribution in [3.05, 3.63) is 30.3 Å². The first-order chi connectivity index (χ1) is 9.68. The largest absolute Gasteiger partial charge is 0.390 e. The van der Waals surface area contributed by atoms with Gasteiger partial charge < -0.3 is 10.0 Å². The summed E-state index contributed by atoms with van der Waals surface area (Å²) in [6.07, 6.45) is 5.83. The normalized spacial score (nSPS) is 41.9. The van der Waals surface area contributed by atoms with Gasteiger partial charge in [0.2, 0.25) is 0 Å². The summed E-state index contributed by atoms with van der Waals surface area (Å²) in [7, 11) is 0. The molecular weight excluding hydrogens is 246 g/mol. The molecule has 0 aromatic heterocycles. The second kappa shape index (κ2) is 4.49. The first-order valence-electron chi connectivity index (χ1n) is 8.22. The molecule has 4 bridgehead atoms. The van der Waals surface area contributed by atoms with Gasteiger partial charge in [0.25, 0.3) is 0 Å². The van der Waals surface area contributed by atoms with Crippen LogP contribution in [0.3, 0.4) is 0 Å². The van der Waals surface area contributed by atoms with Gasteiger partial charge in [-0.25, -0.2) is 0 Å². The van der Waals surface area contributed by atoms with E-state index in [0.29, 0.717) is 17.9 Å². The Morgan fingerprint density at radius 3 is 2.30 bits per heavy atom. The maximum atomic E-state index is 10.7. The summed E-state index contributed by atoms with van der Waals surface area (Å²) < 4.78 is 0. The van der Waals surface area contributed by atoms with E-state index >= 15 is 0 Å². The standard InChI is InChI=1S/C18H25NO/c1-2-19(16-6-4-3-5-7-16)17-14-8-13-9-15(17)12-18(20,10-13)11-14/h3-7,13-15,17,20H,2,8-12H2,1H3. The Labute approximate surface area is 121 Å². The van der Waals surface area contributed by atoms with Crippen LogP contribution in [0.1, 0.15) is 39.0 Å². The maximum absolute atomic E-state index is 10.7. The fraction of sp³-hybridized carbons (Fsp3) is 0.667. The fourth-order valence-electron chi connectivity index (χ4n) is 5.65. The molecule has 1 N–H and O–H groups in total. The number of anilines is 1. The average Bonchev–Trinajstić information content (AvgIpc) is 2.42. The first kappa shape index (κ1) is 12.7. The van der Waals surface area contributed by atoms with E-state index in [0.717, 1.165) is 31.7 Å². The van der Waals surface area contributed by atoms with E-state index in [-0.39, 0.29) is 5.60 Å². The highest BCUT2D eigenvalue weighted by Gasteiger charge is 2.55. The van der Waals surface area contributed by atoms with Crippen LogP contribution in [0.5, 0.6) is 0 Å². The van der Waals surface area contributed by atoms with E-state index in [1.54, 1.807) is 0 Å². The zero-order valence-corrected chi connectivity index (χ0v) is 12.3. The van der Waals surface area contributed by atoms with Crippen LogP contribution >= 0.6 is 0 Å². The Bertz CT molecular complexity index is 469. The molecule has 5 rings (SSSR count). The molecule has 4 saturated carbocycles. The van der Waals surface area contributed by atoms with Crippen molar-refractivity contribution in [2.75, 3.05) is 11.4 Å². The van der Waals surface area contributed by atoms with E-state index in [9.17, 15) is 5.11 Å². The van der Waals surface area contributed by atoms with Crippen LogP contribution in [-0.2, 0) is 0 Å². The van der Waals surface area contributed by atoms with E-state index in [2.05, 4.69) is 42.2 Å². The number of hydrogen-bond acceptors (Lipinski definition) is 2. The molecule has 4 fully saturated rings. The molecule has 0 aliphatic heterocycles. The number of hydrogen-bond donors (Lipinski definition) is 1. The van der Waals surface area contributed by atoms with Gasteiger partial charge in [0.15, 0.2) is 0 Å². The van der Waals surface area contributed by atoms with Crippen molar-refractivity contribution in [2.45, 2.75) is 50.7 Å². The van der Waals surface area contributed by atoms with Crippen molar-refractivity contribution in [1.82, 2.24) is 0 Å². The molecule has 2 atom stereocenters. The molecule has 2 nitrogen and oxygen atoms in total. The summed E-state index contributed by atoms with van der Waals surface area (Å²) >= 11 is 0. The molecule has 108 valence electrons. The lowest BCUT2D eigenvalue weighted by atomic mass is 9.52. The van der Waals surface area contributed by atoms with Gasteiger partial charge >= 0.3 is 0 Å². The molecule has 2 heteroatoms. The summed E-state index contributed by atoms with van der Waals surface area (Å²) in [6.45, 7) is 3.34. The monoisotopic (exact) mass is 271 g/mol. The first-order valence-corrected chi connectivity index (χ1v) is 8.22. The maximum Gasteiger partial charge on any atom is 0.0657 e. The van der Waals surface area contributed by atoms with E-state index in [1.165, 1.54) is 18.5 Å². The number of benzene rings is 1. The molecule has 4 aliphatic carbocycles. The van der Waals surface area contributed by atoms with Gasteiger partial charge in [0.1, 0.15) is 0 Å². The number of aliphatic hydroxyl groups is 1. The topological polar surface area (TPSA) is 23.5 Å². The van der Waals surface area contributed by atoms with Crippen molar-refractivity contribution >= 4 is 5.69 Å². The second-order valence-corrected chi connectivity index (χ2v) is 7.31. The predicted octanol–water partition coefficient (Wildman–Crippen LogP) is 3.45. The molecule has 0 heterocycles. The van der Waals surface area contributed by atoms with Crippen LogP contribution < -0.4 is 4.90 Å². The van der Waals surface area contributed by atoms with Crippen LogP contribution in [0.4, 0.5) is 5.69 Å². The Balaban J connectivity index is 1.65. The molecule has 2 unspecified atom stereocenters. The molecule has 0 spiro atoms. The van der Waals surface area contributed by atoms with Gasteiger partial charge in [-0.2, -0.15) is 0 Å². The Morgan fingerprint density at radius 2 is 1.75 bits per heavy atom. The van der Waals surface area contributed by atoms with Gasteiger partial charge in [-0.1, -0.05) is 18.2 Å².